The van der Waals surface area contributed by atoms with Gasteiger partial charge in [-0.1, -0.05) is 54.4 Å². The third-order valence-corrected chi connectivity index (χ3v) is 5.12. The lowest BCUT2D eigenvalue weighted by Gasteiger charge is -2.11. The zero-order chi connectivity index (χ0) is 17.7. The molecule has 0 aliphatic heterocycles. The van der Waals surface area contributed by atoms with E-state index in [0.717, 1.165) is 18.4 Å². The van der Waals surface area contributed by atoms with Crippen LogP contribution in [0.1, 0.15) is 25.3 Å². The van der Waals surface area contributed by atoms with E-state index in [0.29, 0.717) is 27.4 Å². The van der Waals surface area contributed by atoms with Crippen molar-refractivity contribution in [2.24, 2.45) is 0 Å². The fourth-order valence-electron chi connectivity index (χ4n) is 2.00. The summed E-state index contributed by atoms with van der Waals surface area (Å²) in [4.78, 5) is 23.9. The first-order valence-corrected chi connectivity index (χ1v) is 9.20. The zero-order valence-electron chi connectivity index (χ0n) is 13.4. The number of aromatic nitrogens is 3. The molecule has 0 unspecified atom stereocenters. The monoisotopic (exact) mass is 388 g/mol. The number of rotatable bonds is 7. The van der Waals surface area contributed by atoms with Crippen LogP contribution in [-0.4, -0.2) is 26.4 Å². The van der Waals surface area contributed by atoms with Crippen LogP contribution in [0.2, 0.25) is 10.0 Å². The Morgan fingerprint density at radius 2 is 2.17 bits per heavy atom. The number of H-pyrrole nitrogens is 1. The summed E-state index contributed by atoms with van der Waals surface area (Å²) < 4.78 is 1.54. The van der Waals surface area contributed by atoms with Crippen molar-refractivity contribution in [2.45, 2.75) is 38.4 Å². The van der Waals surface area contributed by atoms with Gasteiger partial charge in [-0.2, -0.15) is 0 Å². The Bertz CT molecular complexity index is 788. The molecule has 1 aromatic heterocycles. The summed E-state index contributed by atoms with van der Waals surface area (Å²) >= 11 is 13.4. The van der Waals surface area contributed by atoms with Crippen LogP contribution in [0.4, 0.5) is 5.69 Å². The van der Waals surface area contributed by atoms with Gasteiger partial charge in [0.05, 0.1) is 21.5 Å². The first kappa shape index (κ1) is 18.9. The van der Waals surface area contributed by atoms with Gasteiger partial charge in [-0.25, -0.2) is 9.89 Å². The van der Waals surface area contributed by atoms with E-state index in [-0.39, 0.29) is 17.3 Å². The zero-order valence-corrected chi connectivity index (χ0v) is 15.7. The number of nitrogens with zero attached hydrogens (tertiary/aromatic N) is 2. The van der Waals surface area contributed by atoms with Gasteiger partial charge in [0.25, 0.3) is 0 Å². The normalized spacial score (nSPS) is 10.8. The minimum Gasteiger partial charge on any atom is -0.323 e. The van der Waals surface area contributed by atoms with Crippen molar-refractivity contribution in [3.05, 3.63) is 38.2 Å². The summed E-state index contributed by atoms with van der Waals surface area (Å²) in [6.07, 6.45) is 1.83. The predicted molar refractivity (Wildman–Crippen MR) is 98.3 cm³/mol. The smallest absolute Gasteiger partial charge is 0.323 e. The maximum Gasteiger partial charge on any atom is 0.343 e. The number of carbonyl (C=O) groups is 1. The van der Waals surface area contributed by atoms with Crippen molar-refractivity contribution in [3.63, 3.8) is 0 Å². The van der Waals surface area contributed by atoms with Gasteiger partial charge in [0.1, 0.15) is 0 Å². The summed E-state index contributed by atoms with van der Waals surface area (Å²) in [7, 11) is 0. The molecule has 9 heteroatoms. The first-order valence-electron chi connectivity index (χ1n) is 7.46. The molecule has 6 nitrogen and oxygen atoms in total. The minimum atomic E-state index is -0.271. The Labute approximate surface area is 153 Å². The average molecular weight is 389 g/mol. The van der Waals surface area contributed by atoms with Crippen LogP contribution in [0, 0.1) is 6.92 Å². The molecule has 0 aliphatic rings. The number of aryl methyl sites for hydroxylation is 1. The number of unbranched alkanes of at least 4 members (excludes halogenated alkanes) is 1. The Balaban J connectivity index is 2.02. The number of aromatic amines is 1. The summed E-state index contributed by atoms with van der Waals surface area (Å²) in [5, 5.41) is 10.4. The van der Waals surface area contributed by atoms with Crippen molar-refractivity contribution >= 4 is 46.6 Å². The van der Waals surface area contributed by atoms with E-state index >= 15 is 0 Å². The lowest BCUT2D eigenvalue weighted by molar-refractivity contribution is -0.113. The number of anilines is 1. The quantitative estimate of drug-likeness (QED) is 0.708. The number of hydrogen-bond acceptors (Lipinski definition) is 4. The van der Waals surface area contributed by atoms with Crippen molar-refractivity contribution in [2.75, 3.05) is 11.1 Å². The Morgan fingerprint density at radius 1 is 1.42 bits per heavy atom. The highest BCUT2D eigenvalue weighted by Gasteiger charge is 2.14. The molecule has 1 aromatic carbocycles. The largest absolute Gasteiger partial charge is 0.343 e. The molecular formula is C15H18Cl2N4O2S. The molecule has 130 valence electrons. The number of thioether (sulfide) groups is 1. The van der Waals surface area contributed by atoms with E-state index in [1.165, 1.54) is 16.3 Å². The Morgan fingerprint density at radius 3 is 2.88 bits per heavy atom. The van der Waals surface area contributed by atoms with E-state index in [4.69, 9.17) is 23.2 Å². The summed E-state index contributed by atoms with van der Waals surface area (Å²) in [5.41, 5.74) is 0.954. The van der Waals surface area contributed by atoms with Crippen LogP contribution in [0.5, 0.6) is 0 Å². The molecule has 24 heavy (non-hydrogen) atoms. The predicted octanol–water partition coefficient (Wildman–Crippen LogP) is 3.72. The molecular weight excluding hydrogens is 371 g/mol. The van der Waals surface area contributed by atoms with Gasteiger partial charge in [0.2, 0.25) is 5.91 Å². The third kappa shape index (κ3) is 4.55. The molecule has 0 fully saturated rings. The summed E-state index contributed by atoms with van der Waals surface area (Å²) in [5.74, 6) is -0.177. The van der Waals surface area contributed by atoms with E-state index in [1.807, 2.05) is 13.8 Å². The molecule has 1 amide bonds. The highest BCUT2D eigenvalue weighted by molar-refractivity contribution is 7.99. The molecule has 2 N–H and O–H groups in total. The number of benzene rings is 1. The van der Waals surface area contributed by atoms with Crippen molar-refractivity contribution in [1.29, 1.82) is 0 Å². The number of amides is 1. The van der Waals surface area contributed by atoms with Crippen molar-refractivity contribution < 1.29 is 4.79 Å². The van der Waals surface area contributed by atoms with Gasteiger partial charge in [-0.15, -0.1) is 5.10 Å². The van der Waals surface area contributed by atoms with E-state index in [2.05, 4.69) is 15.5 Å². The lowest BCUT2D eigenvalue weighted by atomic mass is 10.2. The van der Waals surface area contributed by atoms with Gasteiger partial charge in [-0.05, 0) is 25.0 Å². The maximum absolute atomic E-state index is 12.2. The van der Waals surface area contributed by atoms with Gasteiger partial charge in [0.15, 0.2) is 5.16 Å². The van der Waals surface area contributed by atoms with Crippen LogP contribution in [0.3, 0.4) is 0 Å². The average Bonchev–Trinajstić information content (AvgIpc) is 2.91. The summed E-state index contributed by atoms with van der Waals surface area (Å²) in [6, 6.07) is 3.47. The third-order valence-electron chi connectivity index (χ3n) is 3.34. The van der Waals surface area contributed by atoms with Crippen molar-refractivity contribution in [3.8, 4) is 0 Å². The first-order chi connectivity index (χ1) is 11.4. The van der Waals surface area contributed by atoms with Crippen LogP contribution in [0.25, 0.3) is 0 Å². The molecule has 0 spiro atoms. The fourth-order valence-corrected chi connectivity index (χ4v) is 3.24. The molecule has 0 aliphatic carbocycles. The molecule has 0 saturated heterocycles. The Hall–Kier alpha value is -1.44. The number of halogens is 2. The molecule has 0 radical (unpaired) electrons. The fraction of sp³-hybridized carbons (Fsp3) is 0.400. The standard InChI is InChI=1S/C15H18Cl2N4O2S/c1-3-4-7-21-14(23)19-20-15(21)24-8-11(22)18-13-10(16)6-5-9(2)12(13)17/h5-6H,3-4,7-8H2,1-2H3,(H,18,22)(H,19,23). The van der Waals surface area contributed by atoms with Crippen molar-refractivity contribution in [1.82, 2.24) is 14.8 Å². The molecule has 0 atom stereocenters. The maximum atomic E-state index is 12.2. The van der Waals surface area contributed by atoms with Crippen LogP contribution >= 0.6 is 35.0 Å². The van der Waals surface area contributed by atoms with E-state index in [9.17, 15) is 9.59 Å². The lowest BCUT2D eigenvalue weighted by Crippen LogP contribution is -2.19. The Kier molecular flexibility index (Phi) is 6.77. The highest BCUT2D eigenvalue weighted by atomic mass is 35.5. The number of hydrogen-bond donors (Lipinski definition) is 2. The minimum absolute atomic E-state index is 0.0943. The highest BCUT2D eigenvalue weighted by Crippen LogP contribution is 2.33. The topological polar surface area (TPSA) is 79.8 Å². The SMILES string of the molecule is CCCCn1c(SCC(=O)Nc2c(Cl)ccc(C)c2Cl)n[nH]c1=O. The second-order valence-electron chi connectivity index (χ2n) is 5.21. The second kappa shape index (κ2) is 8.60. The summed E-state index contributed by atoms with van der Waals surface area (Å²) in [6.45, 7) is 4.45. The molecule has 2 aromatic rings. The van der Waals surface area contributed by atoms with Gasteiger partial charge in [0, 0.05) is 6.54 Å². The van der Waals surface area contributed by atoms with Crippen LogP contribution < -0.4 is 11.0 Å². The van der Waals surface area contributed by atoms with Gasteiger partial charge < -0.3 is 5.32 Å². The molecule has 0 bridgehead atoms. The van der Waals surface area contributed by atoms with Gasteiger partial charge >= 0.3 is 5.69 Å². The molecule has 1 heterocycles. The van der Waals surface area contributed by atoms with E-state index in [1.54, 1.807) is 12.1 Å². The molecule has 0 saturated carbocycles. The number of carbonyl (C=O) groups excluding carboxylic acids is 1. The van der Waals surface area contributed by atoms with Crippen LogP contribution in [-0.2, 0) is 11.3 Å². The van der Waals surface area contributed by atoms with Gasteiger partial charge in [-0.3, -0.25) is 9.36 Å². The van der Waals surface area contributed by atoms with Crippen LogP contribution in [0.15, 0.2) is 22.1 Å². The molecule has 2 rings (SSSR count). The second-order valence-corrected chi connectivity index (χ2v) is 6.93. The number of nitrogens with one attached hydrogen (secondary N) is 2. The van der Waals surface area contributed by atoms with E-state index < -0.39 is 0 Å².